The first-order chi connectivity index (χ1) is 8.66. The van der Waals surface area contributed by atoms with E-state index >= 15 is 0 Å². The molecule has 5 heteroatoms. The lowest BCUT2D eigenvalue weighted by Crippen LogP contribution is -2.18. The lowest BCUT2D eigenvalue weighted by Gasteiger charge is -2.12. The number of nitrogens with one attached hydrogen (secondary N) is 2. The average molecular weight is 250 g/mol. The molecule has 1 aromatic rings. The number of rotatable bonds is 5. The van der Waals surface area contributed by atoms with Gasteiger partial charge in [0, 0.05) is 18.5 Å². The summed E-state index contributed by atoms with van der Waals surface area (Å²) in [5.74, 6) is 1.54. The Labute approximate surface area is 108 Å². The van der Waals surface area contributed by atoms with E-state index in [0.29, 0.717) is 12.3 Å². The monoisotopic (exact) mass is 250 g/mol. The minimum absolute atomic E-state index is 0.0873. The standard InChI is InChI=1S/C13H22N4O/c1-10(2)17-12(6-8-15-17)16-13(18)4-3-11-5-7-14-9-11/h6,8,10-11,14H,3-5,7,9H2,1-2H3,(H,16,18). The zero-order chi connectivity index (χ0) is 13.0. The predicted octanol–water partition coefficient (Wildman–Crippen LogP) is 1.79. The molecule has 1 unspecified atom stereocenters. The van der Waals surface area contributed by atoms with Crippen LogP contribution in [-0.2, 0) is 4.79 Å². The van der Waals surface area contributed by atoms with E-state index in [-0.39, 0.29) is 11.9 Å². The van der Waals surface area contributed by atoms with E-state index in [1.54, 1.807) is 6.20 Å². The summed E-state index contributed by atoms with van der Waals surface area (Å²) in [6.45, 7) is 6.24. The maximum Gasteiger partial charge on any atom is 0.225 e. The normalized spacial score (nSPS) is 19.4. The van der Waals surface area contributed by atoms with Crippen LogP contribution in [0.15, 0.2) is 12.3 Å². The average Bonchev–Trinajstić information content (AvgIpc) is 2.96. The highest BCUT2D eigenvalue weighted by Gasteiger charge is 2.16. The maximum absolute atomic E-state index is 11.9. The molecule has 0 radical (unpaired) electrons. The molecule has 5 nitrogen and oxygen atoms in total. The van der Waals surface area contributed by atoms with E-state index < -0.39 is 0 Å². The van der Waals surface area contributed by atoms with E-state index in [9.17, 15) is 4.79 Å². The van der Waals surface area contributed by atoms with Crippen LogP contribution in [0.4, 0.5) is 5.82 Å². The highest BCUT2D eigenvalue weighted by molar-refractivity contribution is 5.89. The van der Waals surface area contributed by atoms with Crippen molar-refractivity contribution in [2.75, 3.05) is 18.4 Å². The Morgan fingerprint density at radius 2 is 2.50 bits per heavy atom. The number of carbonyl (C=O) groups is 1. The zero-order valence-electron chi connectivity index (χ0n) is 11.1. The topological polar surface area (TPSA) is 59.0 Å². The van der Waals surface area contributed by atoms with Crippen LogP contribution in [0.25, 0.3) is 0 Å². The van der Waals surface area contributed by atoms with Gasteiger partial charge < -0.3 is 10.6 Å². The fourth-order valence-corrected chi connectivity index (χ4v) is 2.33. The number of carbonyl (C=O) groups excluding carboxylic acids is 1. The van der Waals surface area contributed by atoms with Gasteiger partial charge in [0.15, 0.2) is 0 Å². The summed E-state index contributed by atoms with van der Waals surface area (Å²) in [5.41, 5.74) is 0. The number of hydrogen-bond donors (Lipinski definition) is 2. The van der Waals surface area contributed by atoms with Gasteiger partial charge in [0.1, 0.15) is 5.82 Å². The fourth-order valence-electron chi connectivity index (χ4n) is 2.33. The number of amides is 1. The predicted molar refractivity (Wildman–Crippen MR) is 71.5 cm³/mol. The van der Waals surface area contributed by atoms with Gasteiger partial charge in [-0.3, -0.25) is 4.79 Å². The molecular formula is C13H22N4O. The summed E-state index contributed by atoms with van der Waals surface area (Å²) >= 11 is 0. The van der Waals surface area contributed by atoms with Crippen molar-refractivity contribution in [3.8, 4) is 0 Å². The van der Waals surface area contributed by atoms with Crippen molar-refractivity contribution in [1.82, 2.24) is 15.1 Å². The Balaban J connectivity index is 1.81. The van der Waals surface area contributed by atoms with E-state index in [1.807, 2.05) is 24.6 Å². The number of hydrogen-bond acceptors (Lipinski definition) is 3. The first-order valence-electron chi connectivity index (χ1n) is 6.71. The molecule has 2 heterocycles. The molecule has 1 amide bonds. The first-order valence-corrected chi connectivity index (χ1v) is 6.71. The third-order valence-electron chi connectivity index (χ3n) is 3.37. The number of aromatic nitrogens is 2. The van der Waals surface area contributed by atoms with Gasteiger partial charge in [0.05, 0.1) is 6.20 Å². The molecule has 0 bridgehead atoms. The van der Waals surface area contributed by atoms with Gasteiger partial charge in [-0.15, -0.1) is 0 Å². The summed E-state index contributed by atoms with van der Waals surface area (Å²) in [5, 5.41) is 10.5. The van der Waals surface area contributed by atoms with Gasteiger partial charge in [0.25, 0.3) is 0 Å². The lowest BCUT2D eigenvalue weighted by atomic mass is 10.0. The van der Waals surface area contributed by atoms with Crippen molar-refractivity contribution >= 4 is 11.7 Å². The van der Waals surface area contributed by atoms with Crippen LogP contribution in [0.2, 0.25) is 0 Å². The summed E-state index contributed by atoms with van der Waals surface area (Å²) < 4.78 is 1.83. The van der Waals surface area contributed by atoms with Crippen LogP contribution in [0.3, 0.4) is 0 Å². The van der Waals surface area contributed by atoms with Gasteiger partial charge >= 0.3 is 0 Å². The van der Waals surface area contributed by atoms with Gasteiger partial charge in [-0.2, -0.15) is 5.10 Å². The third kappa shape index (κ3) is 3.32. The molecule has 1 aliphatic rings. The van der Waals surface area contributed by atoms with Crippen LogP contribution < -0.4 is 10.6 Å². The summed E-state index contributed by atoms with van der Waals surface area (Å²) in [6.07, 6.45) is 4.47. The van der Waals surface area contributed by atoms with E-state index in [1.165, 1.54) is 6.42 Å². The molecule has 1 aromatic heterocycles. The van der Waals surface area contributed by atoms with Crippen LogP contribution in [0.5, 0.6) is 0 Å². The Morgan fingerprint density at radius 3 is 3.17 bits per heavy atom. The molecule has 0 saturated carbocycles. The largest absolute Gasteiger partial charge is 0.316 e. The molecule has 1 aliphatic heterocycles. The quantitative estimate of drug-likeness (QED) is 0.837. The molecule has 0 spiro atoms. The van der Waals surface area contributed by atoms with Crippen molar-refractivity contribution < 1.29 is 4.79 Å². The highest BCUT2D eigenvalue weighted by Crippen LogP contribution is 2.16. The Kier molecular flexibility index (Phi) is 4.36. The second-order valence-electron chi connectivity index (χ2n) is 5.20. The SMILES string of the molecule is CC(C)n1nccc1NC(=O)CCC1CCNC1. The van der Waals surface area contributed by atoms with Crippen molar-refractivity contribution in [2.45, 2.75) is 39.2 Å². The summed E-state index contributed by atoms with van der Waals surface area (Å²) in [7, 11) is 0. The molecular weight excluding hydrogens is 228 g/mol. The Hall–Kier alpha value is -1.36. The van der Waals surface area contributed by atoms with E-state index in [4.69, 9.17) is 0 Å². The van der Waals surface area contributed by atoms with Gasteiger partial charge in [-0.1, -0.05) is 0 Å². The van der Waals surface area contributed by atoms with Crippen LogP contribution in [0.1, 0.15) is 39.2 Å². The summed E-state index contributed by atoms with van der Waals surface area (Å²) in [6, 6.07) is 2.10. The molecule has 0 aromatic carbocycles. The molecule has 100 valence electrons. The van der Waals surface area contributed by atoms with E-state index in [2.05, 4.69) is 15.7 Å². The highest BCUT2D eigenvalue weighted by atomic mass is 16.1. The minimum Gasteiger partial charge on any atom is -0.316 e. The zero-order valence-corrected chi connectivity index (χ0v) is 11.1. The maximum atomic E-state index is 11.9. The van der Waals surface area contributed by atoms with Gasteiger partial charge in [-0.05, 0) is 45.7 Å². The van der Waals surface area contributed by atoms with E-state index in [0.717, 1.165) is 25.3 Å². The summed E-state index contributed by atoms with van der Waals surface area (Å²) in [4.78, 5) is 11.9. The number of nitrogens with zero attached hydrogens (tertiary/aromatic N) is 2. The molecule has 18 heavy (non-hydrogen) atoms. The van der Waals surface area contributed by atoms with Crippen molar-refractivity contribution in [2.24, 2.45) is 5.92 Å². The lowest BCUT2D eigenvalue weighted by molar-refractivity contribution is -0.116. The molecule has 2 rings (SSSR count). The molecule has 1 atom stereocenters. The molecule has 2 N–H and O–H groups in total. The Bertz CT molecular complexity index is 393. The minimum atomic E-state index is 0.0873. The van der Waals surface area contributed by atoms with Crippen LogP contribution in [-0.4, -0.2) is 28.8 Å². The third-order valence-corrected chi connectivity index (χ3v) is 3.37. The van der Waals surface area contributed by atoms with Gasteiger partial charge in [-0.25, -0.2) is 4.68 Å². The fraction of sp³-hybridized carbons (Fsp3) is 0.692. The first kappa shape index (κ1) is 13.1. The molecule has 1 saturated heterocycles. The van der Waals surface area contributed by atoms with Crippen molar-refractivity contribution in [1.29, 1.82) is 0 Å². The molecule has 0 aliphatic carbocycles. The second kappa shape index (κ2) is 6.00. The van der Waals surface area contributed by atoms with Gasteiger partial charge in [0.2, 0.25) is 5.91 Å². The second-order valence-corrected chi connectivity index (χ2v) is 5.20. The number of anilines is 1. The Morgan fingerprint density at radius 1 is 1.67 bits per heavy atom. The van der Waals surface area contributed by atoms with Crippen molar-refractivity contribution in [3.05, 3.63) is 12.3 Å². The smallest absolute Gasteiger partial charge is 0.225 e. The van der Waals surface area contributed by atoms with Crippen LogP contribution >= 0.6 is 0 Å². The molecule has 1 fully saturated rings. The van der Waals surface area contributed by atoms with Crippen LogP contribution in [0, 0.1) is 5.92 Å². The van der Waals surface area contributed by atoms with Crippen molar-refractivity contribution in [3.63, 3.8) is 0 Å².